The molecule has 1 unspecified atom stereocenters. The van der Waals surface area contributed by atoms with Crippen molar-refractivity contribution in [2.75, 3.05) is 5.32 Å². The number of carboxylic acids is 1. The Kier molecular flexibility index (Phi) is 3.80. The van der Waals surface area contributed by atoms with Crippen LogP contribution in [0.3, 0.4) is 0 Å². The Balaban J connectivity index is 2.17. The van der Waals surface area contributed by atoms with Crippen LogP contribution in [0.1, 0.15) is 34.0 Å². The molecule has 4 nitrogen and oxygen atoms in total. The first kappa shape index (κ1) is 13.5. The average molecular weight is 280 g/mol. The van der Waals surface area contributed by atoms with Gasteiger partial charge in [0.1, 0.15) is 10.8 Å². The van der Waals surface area contributed by atoms with Crippen LogP contribution in [0.4, 0.5) is 10.1 Å². The van der Waals surface area contributed by atoms with Gasteiger partial charge in [0.25, 0.3) is 0 Å². The number of aromatic nitrogens is 1. The molecule has 0 aliphatic rings. The molecule has 0 amide bonds. The lowest BCUT2D eigenvalue weighted by Crippen LogP contribution is -2.08. The summed E-state index contributed by atoms with van der Waals surface area (Å²) < 4.78 is 13.7. The molecule has 2 rings (SSSR count). The predicted octanol–water partition coefficient (Wildman–Crippen LogP) is 3.46. The molecule has 6 heteroatoms. The highest BCUT2D eigenvalue weighted by Gasteiger charge is 2.13. The molecule has 1 heterocycles. The summed E-state index contributed by atoms with van der Waals surface area (Å²) in [6.45, 7) is 3.78. The van der Waals surface area contributed by atoms with E-state index < -0.39 is 11.8 Å². The number of aryl methyl sites for hydroxylation is 1. The van der Waals surface area contributed by atoms with E-state index in [0.29, 0.717) is 0 Å². The van der Waals surface area contributed by atoms with Gasteiger partial charge >= 0.3 is 5.97 Å². The van der Waals surface area contributed by atoms with Gasteiger partial charge in [-0.25, -0.2) is 14.2 Å². The number of carboxylic acid groups (broad SMARTS) is 1. The third kappa shape index (κ3) is 3.08. The number of hydrogen-bond acceptors (Lipinski definition) is 4. The minimum absolute atomic E-state index is 0.0687. The molecule has 2 aromatic rings. The van der Waals surface area contributed by atoms with E-state index in [1.165, 1.54) is 23.5 Å². The van der Waals surface area contributed by atoms with Crippen LogP contribution < -0.4 is 5.32 Å². The Labute approximate surface area is 113 Å². The highest BCUT2D eigenvalue weighted by Crippen LogP contribution is 2.24. The van der Waals surface area contributed by atoms with Crippen molar-refractivity contribution >= 4 is 23.0 Å². The second-order valence-electron chi connectivity index (χ2n) is 4.19. The monoisotopic (exact) mass is 280 g/mol. The third-order valence-electron chi connectivity index (χ3n) is 2.60. The lowest BCUT2D eigenvalue weighted by Gasteiger charge is -2.13. The van der Waals surface area contributed by atoms with Crippen molar-refractivity contribution in [3.05, 3.63) is 45.7 Å². The zero-order valence-corrected chi connectivity index (χ0v) is 11.3. The molecular formula is C13H13FN2O2S. The van der Waals surface area contributed by atoms with Crippen LogP contribution in [0.5, 0.6) is 0 Å². The molecule has 0 bridgehead atoms. The van der Waals surface area contributed by atoms with E-state index >= 15 is 0 Å². The second kappa shape index (κ2) is 5.36. The smallest absolute Gasteiger partial charge is 0.335 e. The Morgan fingerprint density at radius 1 is 1.53 bits per heavy atom. The van der Waals surface area contributed by atoms with E-state index in [9.17, 15) is 9.18 Å². The highest BCUT2D eigenvalue weighted by atomic mass is 32.1. The van der Waals surface area contributed by atoms with Gasteiger partial charge < -0.3 is 10.4 Å². The summed E-state index contributed by atoms with van der Waals surface area (Å²) in [6, 6.07) is 3.66. The maximum atomic E-state index is 13.7. The zero-order valence-electron chi connectivity index (χ0n) is 10.5. The fourth-order valence-electron chi connectivity index (χ4n) is 1.63. The summed E-state index contributed by atoms with van der Waals surface area (Å²) >= 11 is 1.50. The number of nitrogens with one attached hydrogen (secondary N) is 1. The molecule has 1 aromatic carbocycles. The molecule has 19 heavy (non-hydrogen) atoms. The summed E-state index contributed by atoms with van der Waals surface area (Å²) in [4.78, 5) is 15.0. The molecule has 0 spiro atoms. The summed E-state index contributed by atoms with van der Waals surface area (Å²) in [5.41, 5.74) is 1.13. The molecule has 0 radical (unpaired) electrons. The molecule has 0 aliphatic heterocycles. The quantitative estimate of drug-likeness (QED) is 0.900. The van der Waals surface area contributed by atoms with Crippen LogP contribution in [0.2, 0.25) is 0 Å². The van der Waals surface area contributed by atoms with Crippen molar-refractivity contribution in [1.29, 1.82) is 0 Å². The van der Waals surface area contributed by atoms with Crippen LogP contribution in [0.15, 0.2) is 23.6 Å². The van der Waals surface area contributed by atoms with Crippen molar-refractivity contribution in [3.63, 3.8) is 0 Å². The van der Waals surface area contributed by atoms with Gasteiger partial charge in [0.15, 0.2) is 0 Å². The number of rotatable bonds is 4. The Morgan fingerprint density at radius 3 is 2.79 bits per heavy atom. The molecule has 0 fully saturated rings. The molecule has 100 valence electrons. The van der Waals surface area contributed by atoms with Crippen LogP contribution >= 0.6 is 11.3 Å². The Bertz CT molecular complexity index is 612. The van der Waals surface area contributed by atoms with Crippen molar-refractivity contribution in [1.82, 2.24) is 4.98 Å². The Hall–Kier alpha value is -1.95. The standard InChI is InChI=1S/C13H13FN2O2S/c1-7-6-19-12(15-7)8(2)16-11-4-3-9(13(17)18)5-10(11)14/h3-6,8,16H,1-2H3,(H,17,18). The minimum Gasteiger partial charge on any atom is -0.478 e. The van der Waals surface area contributed by atoms with E-state index in [1.54, 1.807) is 0 Å². The fraction of sp³-hybridized carbons (Fsp3) is 0.231. The molecule has 0 saturated carbocycles. The number of nitrogens with zero attached hydrogens (tertiary/aromatic N) is 1. The van der Waals surface area contributed by atoms with Gasteiger partial charge in [-0.05, 0) is 32.0 Å². The summed E-state index contributed by atoms with van der Waals surface area (Å²) in [5.74, 6) is -1.73. The number of aromatic carboxylic acids is 1. The SMILES string of the molecule is Cc1csc(C(C)Nc2ccc(C(=O)O)cc2F)n1. The van der Waals surface area contributed by atoms with E-state index in [1.807, 2.05) is 19.2 Å². The van der Waals surface area contributed by atoms with Crippen molar-refractivity contribution < 1.29 is 14.3 Å². The second-order valence-corrected chi connectivity index (χ2v) is 5.08. The highest BCUT2D eigenvalue weighted by molar-refractivity contribution is 7.09. The van der Waals surface area contributed by atoms with E-state index in [2.05, 4.69) is 10.3 Å². The first-order valence-electron chi connectivity index (χ1n) is 5.69. The van der Waals surface area contributed by atoms with Crippen molar-refractivity contribution in [2.24, 2.45) is 0 Å². The largest absolute Gasteiger partial charge is 0.478 e. The molecule has 0 saturated heterocycles. The number of carbonyl (C=O) groups is 1. The van der Waals surface area contributed by atoms with Crippen LogP contribution in [0.25, 0.3) is 0 Å². The maximum Gasteiger partial charge on any atom is 0.335 e. The van der Waals surface area contributed by atoms with Crippen LogP contribution in [0, 0.1) is 12.7 Å². The van der Waals surface area contributed by atoms with E-state index in [-0.39, 0.29) is 17.3 Å². The lowest BCUT2D eigenvalue weighted by atomic mass is 10.2. The number of halogens is 1. The average Bonchev–Trinajstić information content (AvgIpc) is 2.78. The van der Waals surface area contributed by atoms with Crippen LogP contribution in [-0.2, 0) is 0 Å². The number of anilines is 1. The summed E-state index contributed by atoms with van der Waals surface area (Å²) in [6.07, 6.45) is 0. The maximum absolute atomic E-state index is 13.7. The molecule has 2 N–H and O–H groups in total. The van der Waals surface area contributed by atoms with Gasteiger partial charge in [-0.15, -0.1) is 11.3 Å². The lowest BCUT2D eigenvalue weighted by molar-refractivity contribution is 0.0696. The van der Waals surface area contributed by atoms with Crippen LogP contribution in [-0.4, -0.2) is 16.1 Å². The van der Waals surface area contributed by atoms with E-state index in [4.69, 9.17) is 5.11 Å². The van der Waals surface area contributed by atoms with Gasteiger partial charge in [-0.1, -0.05) is 0 Å². The predicted molar refractivity (Wildman–Crippen MR) is 72.2 cm³/mol. The summed E-state index contributed by atoms with van der Waals surface area (Å²) in [5, 5.41) is 14.5. The van der Waals surface area contributed by atoms with Gasteiger partial charge in [-0.3, -0.25) is 0 Å². The van der Waals surface area contributed by atoms with Crippen molar-refractivity contribution in [2.45, 2.75) is 19.9 Å². The van der Waals surface area contributed by atoms with E-state index in [0.717, 1.165) is 16.8 Å². The molecule has 1 aromatic heterocycles. The minimum atomic E-state index is -1.14. The summed E-state index contributed by atoms with van der Waals surface area (Å²) in [7, 11) is 0. The van der Waals surface area contributed by atoms with Gasteiger partial charge in [0, 0.05) is 11.1 Å². The normalized spacial score (nSPS) is 12.2. The van der Waals surface area contributed by atoms with Gasteiger partial charge in [-0.2, -0.15) is 0 Å². The van der Waals surface area contributed by atoms with Gasteiger partial charge in [0.05, 0.1) is 17.3 Å². The number of thiazole rings is 1. The number of hydrogen-bond donors (Lipinski definition) is 2. The topological polar surface area (TPSA) is 62.2 Å². The molecular weight excluding hydrogens is 267 g/mol. The zero-order chi connectivity index (χ0) is 14.0. The first-order chi connectivity index (χ1) is 8.97. The molecule has 0 aliphatic carbocycles. The number of benzene rings is 1. The third-order valence-corrected chi connectivity index (χ3v) is 3.74. The fourth-order valence-corrected chi connectivity index (χ4v) is 2.43. The first-order valence-corrected chi connectivity index (χ1v) is 6.56. The molecule has 1 atom stereocenters. The van der Waals surface area contributed by atoms with Crippen molar-refractivity contribution in [3.8, 4) is 0 Å². The van der Waals surface area contributed by atoms with Gasteiger partial charge in [0.2, 0.25) is 0 Å². The Morgan fingerprint density at radius 2 is 2.26 bits per heavy atom.